The van der Waals surface area contributed by atoms with Crippen LogP contribution < -0.4 is 19.7 Å². The quantitative estimate of drug-likeness (QED) is 0.556. The molecule has 8 heteroatoms. The number of benzene rings is 3. The Morgan fingerprint density at radius 3 is 2.42 bits per heavy atom. The lowest BCUT2D eigenvalue weighted by atomic mass is 10.0. The van der Waals surface area contributed by atoms with E-state index in [-0.39, 0.29) is 28.8 Å². The number of hydrogen-bond donors (Lipinski definition) is 1. The summed E-state index contributed by atoms with van der Waals surface area (Å²) >= 11 is 12.4. The molecular weight excluding hydrogens is 439 g/mol. The van der Waals surface area contributed by atoms with E-state index >= 15 is 0 Å². The Morgan fingerprint density at radius 2 is 1.61 bits per heavy atom. The van der Waals surface area contributed by atoms with Crippen molar-refractivity contribution >= 4 is 52.0 Å². The van der Waals surface area contributed by atoms with E-state index in [0.717, 1.165) is 4.90 Å². The topological polar surface area (TPSA) is 67.9 Å². The van der Waals surface area contributed by atoms with Crippen molar-refractivity contribution in [3.8, 4) is 11.5 Å². The van der Waals surface area contributed by atoms with E-state index < -0.39 is 11.8 Å². The van der Waals surface area contributed by atoms with Gasteiger partial charge in [-0.05, 0) is 35.9 Å². The Hall–Kier alpha value is -3.48. The number of carbonyl (C=O) groups is 2. The number of rotatable bonds is 4. The summed E-state index contributed by atoms with van der Waals surface area (Å²) in [5, 5.41) is 3.69. The molecular formula is C23H14Cl2N2O4. The molecule has 3 aromatic carbocycles. The molecule has 0 radical (unpaired) electrons. The first kappa shape index (κ1) is 19.5. The zero-order chi connectivity index (χ0) is 21.5. The molecule has 0 bridgehead atoms. The number of amides is 2. The number of halogens is 2. The zero-order valence-electron chi connectivity index (χ0n) is 15.9. The maximum atomic E-state index is 13.4. The van der Waals surface area contributed by atoms with Gasteiger partial charge in [0.05, 0.1) is 16.3 Å². The van der Waals surface area contributed by atoms with Gasteiger partial charge in [-0.2, -0.15) is 0 Å². The van der Waals surface area contributed by atoms with Crippen molar-refractivity contribution in [2.24, 2.45) is 0 Å². The Morgan fingerprint density at radius 1 is 0.839 bits per heavy atom. The van der Waals surface area contributed by atoms with Gasteiger partial charge < -0.3 is 14.8 Å². The minimum Gasteiger partial charge on any atom is -0.454 e. The number of imide groups is 1. The molecule has 6 nitrogen and oxygen atoms in total. The highest BCUT2D eigenvalue weighted by molar-refractivity contribution is 6.48. The van der Waals surface area contributed by atoms with Crippen molar-refractivity contribution in [3.05, 3.63) is 88.0 Å². The second-order valence-corrected chi connectivity index (χ2v) is 7.69. The van der Waals surface area contributed by atoms with Crippen molar-refractivity contribution in [3.63, 3.8) is 0 Å². The van der Waals surface area contributed by atoms with Crippen molar-refractivity contribution in [2.45, 2.75) is 0 Å². The predicted molar refractivity (Wildman–Crippen MR) is 119 cm³/mol. The highest BCUT2D eigenvalue weighted by Crippen LogP contribution is 2.39. The average Bonchev–Trinajstić information content (AvgIpc) is 3.33. The SMILES string of the molecule is O=C1C(Nc2ccc3c(c2)OCO3)=C(c2ccccc2)C(=O)N1c1cc(Cl)ccc1Cl. The van der Waals surface area contributed by atoms with Crippen LogP contribution in [-0.2, 0) is 9.59 Å². The Kier molecular flexibility index (Phi) is 4.81. The highest BCUT2D eigenvalue weighted by Gasteiger charge is 2.41. The maximum Gasteiger partial charge on any atom is 0.282 e. The number of carbonyl (C=O) groups excluding carboxylic acids is 2. The molecule has 154 valence electrons. The van der Waals surface area contributed by atoms with Crippen LogP contribution in [-0.4, -0.2) is 18.6 Å². The Bertz CT molecular complexity index is 1260. The normalized spacial score (nSPS) is 15.1. The van der Waals surface area contributed by atoms with Crippen LogP contribution in [0.1, 0.15) is 5.56 Å². The molecule has 3 aromatic rings. The second-order valence-electron chi connectivity index (χ2n) is 6.85. The first-order valence-corrected chi connectivity index (χ1v) is 10.1. The van der Waals surface area contributed by atoms with Gasteiger partial charge in [0.15, 0.2) is 11.5 Å². The number of nitrogens with one attached hydrogen (secondary N) is 1. The summed E-state index contributed by atoms with van der Waals surface area (Å²) in [7, 11) is 0. The maximum absolute atomic E-state index is 13.4. The first-order chi connectivity index (χ1) is 15.0. The summed E-state index contributed by atoms with van der Waals surface area (Å²) in [6.45, 7) is 0.134. The van der Waals surface area contributed by atoms with Gasteiger partial charge in [-0.15, -0.1) is 0 Å². The van der Waals surface area contributed by atoms with Crippen LogP contribution in [0.4, 0.5) is 11.4 Å². The molecule has 2 amide bonds. The summed E-state index contributed by atoms with van der Waals surface area (Å²) in [5.41, 5.74) is 1.77. The fourth-order valence-corrected chi connectivity index (χ4v) is 3.88. The lowest BCUT2D eigenvalue weighted by Crippen LogP contribution is -2.32. The van der Waals surface area contributed by atoms with E-state index in [4.69, 9.17) is 32.7 Å². The predicted octanol–water partition coefficient (Wildman–Crippen LogP) is 5.12. The standard InChI is InChI=1S/C23H14Cl2N2O4/c24-14-6-8-16(25)17(10-14)27-22(28)20(13-4-2-1-3-5-13)21(23(27)29)26-15-7-9-18-19(11-15)31-12-30-18/h1-11,26H,12H2. The average molecular weight is 453 g/mol. The van der Waals surface area contributed by atoms with Crippen LogP contribution in [0.3, 0.4) is 0 Å². The Labute approximate surface area is 187 Å². The van der Waals surface area contributed by atoms with Crippen molar-refractivity contribution in [1.82, 2.24) is 0 Å². The van der Waals surface area contributed by atoms with E-state index in [1.54, 1.807) is 54.6 Å². The van der Waals surface area contributed by atoms with E-state index in [9.17, 15) is 9.59 Å². The van der Waals surface area contributed by atoms with Crippen molar-refractivity contribution < 1.29 is 19.1 Å². The zero-order valence-corrected chi connectivity index (χ0v) is 17.4. The molecule has 0 aliphatic carbocycles. The minimum absolute atomic E-state index is 0.131. The van der Waals surface area contributed by atoms with E-state index in [2.05, 4.69) is 5.32 Å². The number of nitrogens with zero attached hydrogens (tertiary/aromatic N) is 1. The largest absolute Gasteiger partial charge is 0.454 e. The third kappa shape index (κ3) is 3.40. The van der Waals surface area contributed by atoms with E-state index in [0.29, 0.717) is 27.8 Å². The molecule has 2 aliphatic rings. The van der Waals surface area contributed by atoms with Gasteiger partial charge in [-0.3, -0.25) is 9.59 Å². The number of hydrogen-bond acceptors (Lipinski definition) is 5. The van der Waals surface area contributed by atoms with Gasteiger partial charge in [-0.25, -0.2) is 4.90 Å². The molecule has 0 saturated carbocycles. The van der Waals surface area contributed by atoms with Gasteiger partial charge in [0.25, 0.3) is 11.8 Å². The summed E-state index contributed by atoms with van der Waals surface area (Å²) in [4.78, 5) is 27.9. The molecule has 0 spiro atoms. The highest BCUT2D eigenvalue weighted by atomic mass is 35.5. The van der Waals surface area contributed by atoms with Gasteiger partial charge in [0.1, 0.15) is 5.70 Å². The fourth-order valence-electron chi connectivity index (χ4n) is 3.51. The summed E-state index contributed by atoms with van der Waals surface area (Å²) in [5.74, 6) is 0.136. The smallest absolute Gasteiger partial charge is 0.282 e. The van der Waals surface area contributed by atoms with Gasteiger partial charge in [0, 0.05) is 16.8 Å². The van der Waals surface area contributed by atoms with Crippen LogP contribution >= 0.6 is 23.2 Å². The van der Waals surface area contributed by atoms with Crippen LogP contribution in [0.5, 0.6) is 11.5 Å². The van der Waals surface area contributed by atoms with Gasteiger partial charge in [0.2, 0.25) is 6.79 Å². The summed E-state index contributed by atoms with van der Waals surface area (Å²) in [6, 6.07) is 18.8. The van der Waals surface area contributed by atoms with E-state index in [1.165, 1.54) is 6.07 Å². The third-order valence-corrected chi connectivity index (χ3v) is 5.49. The monoisotopic (exact) mass is 452 g/mol. The lowest BCUT2D eigenvalue weighted by Gasteiger charge is -2.17. The minimum atomic E-state index is -0.536. The first-order valence-electron chi connectivity index (χ1n) is 9.33. The molecule has 1 N–H and O–H groups in total. The van der Waals surface area contributed by atoms with Crippen LogP contribution in [0.15, 0.2) is 72.4 Å². The molecule has 2 heterocycles. The van der Waals surface area contributed by atoms with Gasteiger partial charge >= 0.3 is 0 Å². The third-order valence-electron chi connectivity index (χ3n) is 4.94. The van der Waals surface area contributed by atoms with Crippen LogP contribution in [0.25, 0.3) is 5.57 Å². The van der Waals surface area contributed by atoms with Crippen molar-refractivity contribution in [1.29, 1.82) is 0 Å². The van der Waals surface area contributed by atoms with Crippen molar-refractivity contribution in [2.75, 3.05) is 17.0 Å². The summed E-state index contributed by atoms with van der Waals surface area (Å²) < 4.78 is 10.7. The van der Waals surface area contributed by atoms with Crippen LogP contribution in [0.2, 0.25) is 10.0 Å². The Balaban J connectivity index is 1.61. The molecule has 0 fully saturated rings. The molecule has 0 aromatic heterocycles. The van der Waals surface area contributed by atoms with Gasteiger partial charge in [-0.1, -0.05) is 53.5 Å². The number of fused-ring (bicyclic) bond motifs is 1. The molecule has 0 saturated heterocycles. The lowest BCUT2D eigenvalue weighted by molar-refractivity contribution is -0.120. The molecule has 0 unspecified atom stereocenters. The molecule has 0 atom stereocenters. The number of anilines is 2. The molecule has 31 heavy (non-hydrogen) atoms. The summed E-state index contributed by atoms with van der Waals surface area (Å²) in [6.07, 6.45) is 0. The van der Waals surface area contributed by atoms with Crippen LogP contribution in [0, 0.1) is 0 Å². The fraction of sp³-hybridized carbons (Fsp3) is 0.0435. The van der Waals surface area contributed by atoms with E-state index in [1.807, 2.05) is 6.07 Å². The number of ether oxygens (including phenoxy) is 2. The second kappa shape index (κ2) is 7.65. The molecule has 5 rings (SSSR count). The molecule has 2 aliphatic heterocycles.